The molecule has 2 aromatic carbocycles. The number of nitrogens with zero attached hydrogens (tertiary/aromatic N) is 3. The lowest BCUT2D eigenvalue weighted by atomic mass is 10.0. The second-order valence-electron chi connectivity index (χ2n) is 7.50. The van der Waals surface area contributed by atoms with Crippen LogP contribution in [0.25, 0.3) is 0 Å². The van der Waals surface area contributed by atoms with Crippen molar-refractivity contribution < 1.29 is 4.74 Å². The lowest BCUT2D eigenvalue weighted by molar-refractivity contribution is 0.332. The maximum Gasteiger partial charge on any atom is 0.229 e. The number of benzene rings is 2. The summed E-state index contributed by atoms with van der Waals surface area (Å²) in [5.74, 6) is 1.78. The van der Waals surface area contributed by atoms with Gasteiger partial charge in [0.05, 0.1) is 24.7 Å². The first-order chi connectivity index (χ1) is 15.1. The molecule has 162 valence electrons. The second-order valence-corrected chi connectivity index (χ2v) is 8.76. The van der Waals surface area contributed by atoms with Gasteiger partial charge in [-0.05, 0) is 68.1 Å². The SMILES string of the molecule is COc1cc2c(cc1Nc1ncc(Cl)c(Nc3ccccc3SC)n1)CN(C)CCC2. The maximum atomic E-state index is 6.38. The number of ether oxygens (including phenoxy) is 1. The molecule has 3 aromatic rings. The van der Waals surface area contributed by atoms with E-state index in [9.17, 15) is 0 Å². The molecule has 1 aromatic heterocycles. The number of anilines is 4. The van der Waals surface area contributed by atoms with Crippen molar-refractivity contribution in [2.24, 2.45) is 0 Å². The second kappa shape index (κ2) is 9.77. The van der Waals surface area contributed by atoms with Crippen molar-refractivity contribution in [3.63, 3.8) is 0 Å². The molecule has 0 radical (unpaired) electrons. The molecule has 0 amide bonds. The fourth-order valence-electron chi connectivity index (χ4n) is 3.73. The number of aromatic nitrogens is 2. The monoisotopic (exact) mass is 455 g/mol. The summed E-state index contributed by atoms with van der Waals surface area (Å²) in [6.45, 7) is 2.00. The fourth-order valence-corrected chi connectivity index (χ4v) is 4.43. The number of methoxy groups -OCH3 is 1. The van der Waals surface area contributed by atoms with E-state index in [-0.39, 0.29) is 0 Å². The number of nitrogens with one attached hydrogen (secondary N) is 2. The van der Waals surface area contributed by atoms with Crippen LogP contribution in [0, 0.1) is 0 Å². The molecule has 0 saturated carbocycles. The minimum Gasteiger partial charge on any atom is -0.495 e. The predicted molar refractivity (Wildman–Crippen MR) is 129 cm³/mol. The summed E-state index contributed by atoms with van der Waals surface area (Å²) < 4.78 is 5.66. The van der Waals surface area contributed by atoms with Crippen LogP contribution in [0.1, 0.15) is 17.5 Å². The molecule has 1 aliphatic rings. The Kier molecular flexibility index (Phi) is 6.85. The number of halogens is 1. The fraction of sp³-hybridized carbons (Fsp3) is 0.304. The van der Waals surface area contributed by atoms with Crippen molar-refractivity contribution in [2.75, 3.05) is 37.6 Å². The molecule has 2 heterocycles. The van der Waals surface area contributed by atoms with Gasteiger partial charge in [-0.15, -0.1) is 11.8 Å². The van der Waals surface area contributed by atoms with Crippen LogP contribution in [-0.4, -0.2) is 41.8 Å². The van der Waals surface area contributed by atoms with E-state index in [1.165, 1.54) is 11.1 Å². The van der Waals surface area contributed by atoms with Crippen LogP contribution in [0.2, 0.25) is 5.02 Å². The van der Waals surface area contributed by atoms with Crippen LogP contribution in [-0.2, 0) is 13.0 Å². The number of aryl methyl sites for hydroxylation is 1. The van der Waals surface area contributed by atoms with Crippen molar-refractivity contribution in [3.05, 3.63) is 58.7 Å². The van der Waals surface area contributed by atoms with Crippen LogP contribution in [0.3, 0.4) is 0 Å². The highest BCUT2D eigenvalue weighted by Gasteiger charge is 2.17. The smallest absolute Gasteiger partial charge is 0.229 e. The number of thioether (sulfide) groups is 1. The normalized spacial score (nSPS) is 13.9. The molecule has 0 atom stereocenters. The highest BCUT2D eigenvalue weighted by atomic mass is 35.5. The Morgan fingerprint density at radius 1 is 1.13 bits per heavy atom. The molecule has 8 heteroatoms. The summed E-state index contributed by atoms with van der Waals surface area (Å²) in [6, 6.07) is 12.3. The Labute approximate surface area is 192 Å². The molecule has 0 spiro atoms. The lowest BCUT2D eigenvalue weighted by Gasteiger charge is -2.17. The quantitative estimate of drug-likeness (QED) is 0.460. The summed E-state index contributed by atoms with van der Waals surface area (Å²) in [7, 11) is 3.84. The first-order valence-corrected chi connectivity index (χ1v) is 11.8. The van der Waals surface area contributed by atoms with Gasteiger partial charge in [0.25, 0.3) is 0 Å². The standard InChI is InChI=1S/C23H26ClN5OS/c1-29-10-6-7-15-12-20(30-2)19(11-16(15)14-29)27-23-25-13-17(24)22(28-23)26-18-8-4-5-9-21(18)31-3/h4-5,8-9,11-13H,6-7,10,14H2,1-3H3,(H2,25,26,27,28). The van der Waals surface area contributed by atoms with E-state index in [0.29, 0.717) is 16.8 Å². The zero-order chi connectivity index (χ0) is 21.8. The zero-order valence-electron chi connectivity index (χ0n) is 17.9. The highest BCUT2D eigenvalue weighted by molar-refractivity contribution is 7.98. The number of para-hydroxylation sites is 1. The van der Waals surface area contributed by atoms with Crippen LogP contribution in [0.4, 0.5) is 23.1 Å². The van der Waals surface area contributed by atoms with Crippen molar-refractivity contribution >= 4 is 46.5 Å². The first kappa shape index (κ1) is 21.7. The van der Waals surface area contributed by atoms with E-state index in [1.54, 1.807) is 25.1 Å². The molecule has 0 bridgehead atoms. The average Bonchev–Trinajstić information content (AvgIpc) is 2.95. The zero-order valence-corrected chi connectivity index (χ0v) is 19.5. The Bertz CT molecular complexity index is 1080. The maximum absolute atomic E-state index is 6.38. The van der Waals surface area contributed by atoms with Gasteiger partial charge in [-0.2, -0.15) is 4.98 Å². The summed E-state index contributed by atoms with van der Waals surface area (Å²) in [5.41, 5.74) is 4.42. The van der Waals surface area contributed by atoms with Gasteiger partial charge in [-0.1, -0.05) is 23.7 Å². The largest absolute Gasteiger partial charge is 0.495 e. The van der Waals surface area contributed by atoms with E-state index < -0.39 is 0 Å². The summed E-state index contributed by atoms with van der Waals surface area (Å²) in [5, 5.41) is 7.11. The van der Waals surface area contributed by atoms with E-state index in [2.05, 4.69) is 50.7 Å². The molecular weight excluding hydrogens is 430 g/mol. The number of hydrogen-bond donors (Lipinski definition) is 2. The molecule has 0 fully saturated rings. The van der Waals surface area contributed by atoms with E-state index in [0.717, 1.165) is 48.0 Å². The molecular formula is C23H26ClN5OS. The van der Waals surface area contributed by atoms with Crippen LogP contribution in [0.15, 0.2) is 47.5 Å². The molecule has 1 aliphatic heterocycles. The molecule has 2 N–H and O–H groups in total. The third kappa shape index (κ3) is 5.06. The Hall–Kier alpha value is -2.48. The molecule has 0 unspecified atom stereocenters. The van der Waals surface area contributed by atoms with Gasteiger partial charge in [0.1, 0.15) is 10.8 Å². The van der Waals surface area contributed by atoms with Crippen molar-refractivity contribution in [1.82, 2.24) is 14.9 Å². The first-order valence-electron chi connectivity index (χ1n) is 10.2. The highest BCUT2D eigenvalue weighted by Crippen LogP contribution is 2.34. The summed E-state index contributed by atoms with van der Waals surface area (Å²) in [4.78, 5) is 12.4. The van der Waals surface area contributed by atoms with Crippen molar-refractivity contribution in [3.8, 4) is 5.75 Å². The Morgan fingerprint density at radius 3 is 2.77 bits per heavy atom. The third-order valence-electron chi connectivity index (χ3n) is 5.30. The third-order valence-corrected chi connectivity index (χ3v) is 6.37. The average molecular weight is 456 g/mol. The predicted octanol–water partition coefficient (Wildman–Crippen LogP) is 5.73. The Balaban J connectivity index is 1.63. The molecule has 0 saturated heterocycles. The summed E-state index contributed by atoms with van der Waals surface area (Å²) in [6.07, 6.45) is 5.84. The molecule has 31 heavy (non-hydrogen) atoms. The van der Waals surface area contributed by atoms with Gasteiger partial charge in [0.2, 0.25) is 5.95 Å². The van der Waals surface area contributed by atoms with Crippen molar-refractivity contribution in [1.29, 1.82) is 0 Å². The van der Waals surface area contributed by atoms with Crippen LogP contribution < -0.4 is 15.4 Å². The summed E-state index contributed by atoms with van der Waals surface area (Å²) >= 11 is 8.04. The van der Waals surface area contributed by atoms with Gasteiger partial charge >= 0.3 is 0 Å². The van der Waals surface area contributed by atoms with Gasteiger partial charge < -0.3 is 20.3 Å². The van der Waals surface area contributed by atoms with Gasteiger partial charge in [-0.3, -0.25) is 0 Å². The lowest BCUT2D eigenvalue weighted by Crippen LogP contribution is -2.17. The topological polar surface area (TPSA) is 62.3 Å². The van der Waals surface area contributed by atoms with E-state index >= 15 is 0 Å². The van der Waals surface area contributed by atoms with Gasteiger partial charge in [0.15, 0.2) is 5.82 Å². The molecule has 4 rings (SSSR count). The minimum absolute atomic E-state index is 0.453. The Morgan fingerprint density at radius 2 is 1.97 bits per heavy atom. The van der Waals surface area contributed by atoms with E-state index in [4.69, 9.17) is 16.3 Å². The van der Waals surface area contributed by atoms with Crippen molar-refractivity contribution in [2.45, 2.75) is 24.3 Å². The van der Waals surface area contributed by atoms with Gasteiger partial charge in [-0.25, -0.2) is 4.98 Å². The minimum atomic E-state index is 0.453. The number of fused-ring (bicyclic) bond motifs is 1. The molecule has 6 nitrogen and oxygen atoms in total. The van der Waals surface area contributed by atoms with Crippen LogP contribution >= 0.6 is 23.4 Å². The van der Waals surface area contributed by atoms with Crippen LogP contribution in [0.5, 0.6) is 5.75 Å². The number of rotatable bonds is 6. The number of hydrogen-bond acceptors (Lipinski definition) is 7. The van der Waals surface area contributed by atoms with Gasteiger partial charge in [0, 0.05) is 11.4 Å². The van der Waals surface area contributed by atoms with E-state index in [1.807, 2.05) is 24.5 Å². The molecule has 0 aliphatic carbocycles.